The second-order valence-corrected chi connectivity index (χ2v) is 4.21. The normalized spacial score (nSPS) is 10.3. The van der Waals surface area contributed by atoms with Crippen molar-refractivity contribution in [1.82, 2.24) is 0 Å². The van der Waals surface area contributed by atoms with Crippen LogP contribution in [0.25, 0.3) is 0 Å². The molecular weight excluding hydrogens is 250 g/mol. The minimum Gasteiger partial charge on any atom is -0.399 e. The highest BCUT2D eigenvalue weighted by atomic mass is 19.1. The van der Waals surface area contributed by atoms with Crippen molar-refractivity contribution in [2.75, 3.05) is 11.1 Å². The Bertz CT molecular complexity index is 621. The summed E-state index contributed by atoms with van der Waals surface area (Å²) < 4.78 is 26.4. The van der Waals surface area contributed by atoms with Crippen molar-refractivity contribution in [3.63, 3.8) is 0 Å². The van der Waals surface area contributed by atoms with Crippen LogP contribution in [-0.2, 0) is 0 Å². The number of rotatable bonds is 2. The van der Waals surface area contributed by atoms with Crippen molar-refractivity contribution in [1.29, 1.82) is 0 Å². The van der Waals surface area contributed by atoms with Gasteiger partial charge in [0.15, 0.2) is 0 Å². The van der Waals surface area contributed by atoms with Gasteiger partial charge in [-0.05, 0) is 42.8 Å². The third-order valence-electron chi connectivity index (χ3n) is 2.54. The van der Waals surface area contributed by atoms with Crippen LogP contribution in [0.4, 0.5) is 20.2 Å². The van der Waals surface area contributed by atoms with Crippen molar-refractivity contribution in [2.45, 2.75) is 6.92 Å². The molecule has 1 amide bonds. The first-order valence-corrected chi connectivity index (χ1v) is 5.59. The van der Waals surface area contributed by atoms with Crippen molar-refractivity contribution in [2.24, 2.45) is 0 Å². The van der Waals surface area contributed by atoms with E-state index in [1.165, 1.54) is 6.07 Å². The van der Waals surface area contributed by atoms with Crippen molar-refractivity contribution >= 4 is 17.3 Å². The quantitative estimate of drug-likeness (QED) is 0.817. The standard InChI is InChI=1S/C14H12F2N2O/c1-8-4-9(6-11(17)5-8)14(19)18-13-7-10(15)2-3-12(13)16/h2-7H,17H2,1H3,(H,18,19). The van der Waals surface area contributed by atoms with E-state index in [2.05, 4.69) is 5.32 Å². The van der Waals surface area contributed by atoms with Crippen LogP contribution < -0.4 is 11.1 Å². The molecule has 0 fully saturated rings. The first-order chi connectivity index (χ1) is 8.95. The number of anilines is 2. The molecule has 98 valence electrons. The summed E-state index contributed by atoms with van der Waals surface area (Å²) in [5.41, 5.74) is 6.96. The highest BCUT2D eigenvalue weighted by Crippen LogP contribution is 2.18. The molecule has 0 unspecified atom stereocenters. The lowest BCUT2D eigenvalue weighted by Crippen LogP contribution is -2.13. The van der Waals surface area contributed by atoms with Gasteiger partial charge < -0.3 is 11.1 Å². The number of amides is 1. The van der Waals surface area contributed by atoms with Crippen LogP contribution in [0.1, 0.15) is 15.9 Å². The number of halogens is 2. The Labute approximate surface area is 109 Å². The summed E-state index contributed by atoms with van der Waals surface area (Å²) in [5.74, 6) is -1.87. The van der Waals surface area contributed by atoms with Gasteiger partial charge in [0.1, 0.15) is 11.6 Å². The first kappa shape index (κ1) is 13.0. The average Bonchev–Trinajstić information content (AvgIpc) is 2.32. The highest BCUT2D eigenvalue weighted by molar-refractivity contribution is 6.05. The summed E-state index contributed by atoms with van der Waals surface area (Å²) in [5, 5.41) is 2.31. The highest BCUT2D eigenvalue weighted by Gasteiger charge is 2.11. The van der Waals surface area contributed by atoms with Crippen molar-refractivity contribution < 1.29 is 13.6 Å². The van der Waals surface area contributed by atoms with Crippen LogP contribution in [0.3, 0.4) is 0 Å². The van der Waals surface area contributed by atoms with Gasteiger partial charge >= 0.3 is 0 Å². The average molecular weight is 262 g/mol. The summed E-state index contributed by atoms with van der Waals surface area (Å²) >= 11 is 0. The van der Waals surface area contributed by atoms with E-state index in [-0.39, 0.29) is 5.69 Å². The van der Waals surface area contributed by atoms with E-state index in [0.29, 0.717) is 11.3 Å². The fourth-order valence-corrected chi connectivity index (χ4v) is 1.73. The predicted molar refractivity (Wildman–Crippen MR) is 69.9 cm³/mol. The molecule has 0 atom stereocenters. The van der Waals surface area contributed by atoms with Gasteiger partial charge in [0.25, 0.3) is 5.91 Å². The molecule has 0 bridgehead atoms. The maximum absolute atomic E-state index is 13.4. The summed E-state index contributed by atoms with van der Waals surface area (Å²) in [6, 6.07) is 7.65. The molecule has 19 heavy (non-hydrogen) atoms. The van der Waals surface area contributed by atoms with Crippen LogP contribution in [0.15, 0.2) is 36.4 Å². The van der Waals surface area contributed by atoms with Crippen LogP contribution in [0, 0.1) is 18.6 Å². The lowest BCUT2D eigenvalue weighted by Gasteiger charge is -2.08. The van der Waals surface area contributed by atoms with Crippen molar-refractivity contribution in [3.8, 4) is 0 Å². The third-order valence-corrected chi connectivity index (χ3v) is 2.54. The maximum atomic E-state index is 13.4. The van der Waals surface area contributed by atoms with Gasteiger partial charge in [0, 0.05) is 17.3 Å². The number of nitrogens with one attached hydrogen (secondary N) is 1. The lowest BCUT2D eigenvalue weighted by atomic mass is 10.1. The van der Waals surface area contributed by atoms with Gasteiger partial charge in [-0.1, -0.05) is 0 Å². The van der Waals surface area contributed by atoms with E-state index in [4.69, 9.17) is 5.73 Å². The molecule has 0 saturated carbocycles. The van der Waals surface area contributed by atoms with Crippen LogP contribution in [0.5, 0.6) is 0 Å². The molecular formula is C14H12F2N2O. The maximum Gasteiger partial charge on any atom is 0.255 e. The fourth-order valence-electron chi connectivity index (χ4n) is 1.73. The Morgan fingerprint density at radius 1 is 1.16 bits per heavy atom. The van der Waals surface area contributed by atoms with E-state index in [1.807, 2.05) is 0 Å². The molecule has 0 radical (unpaired) electrons. The van der Waals surface area contributed by atoms with Gasteiger partial charge in [0.2, 0.25) is 0 Å². The van der Waals surface area contributed by atoms with Crippen LogP contribution in [0.2, 0.25) is 0 Å². The second kappa shape index (κ2) is 5.06. The Hall–Kier alpha value is -2.43. The van der Waals surface area contributed by atoms with Crippen molar-refractivity contribution in [3.05, 3.63) is 59.2 Å². The molecule has 5 heteroatoms. The topological polar surface area (TPSA) is 55.1 Å². The third kappa shape index (κ3) is 3.07. The largest absolute Gasteiger partial charge is 0.399 e. The molecule has 2 aromatic rings. The van der Waals surface area contributed by atoms with E-state index in [9.17, 15) is 13.6 Å². The van der Waals surface area contributed by atoms with Crippen LogP contribution in [-0.4, -0.2) is 5.91 Å². The summed E-state index contributed by atoms with van der Waals surface area (Å²) in [6.07, 6.45) is 0. The molecule has 3 N–H and O–H groups in total. The zero-order chi connectivity index (χ0) is 14.0. The number of hydrogen-bond donors (Lipinski definition) is 2. The van der Waals surface area contributed by atoms with Gasteiger partial charge in [-0.3, -0.25) is 4.79 Å². The van der Waals surface area contributed by atoms with Gasteiger partial charge in [0.05, 0.1) is 5.69 Å². The number of carbonyl (C=O) groups is 1. The first-order valence-electron chi connectivity index (χ1n) is 5.59. The number of aryl methyl sites for hydroxylation is 1. The van der Waals surface area contributed by atoms with E-state index in [0.717, 1.165) is 23.8 Å². The molecule has 0 spiro atoms. The Balaban J connectivity index is 2.28. The number of hydrogen-bond acceptors (Lipinski definition) is 2. The summed E-state index contributed by atoms with van der Waals surface area (Å²) in [6.45, 7) is 1.79. The molecule has 0 aliphatic heterocycles. The molecule has 0 saturated heterocycles. The van der Waals surface area contributed by atoms with E-state index < -0.39 is 17.5 Å². The lowest BCUT2D eigenvalue weighted by molar-refractivity contribution is 0.102. The molecule has 0 aliphatic carbocycles. The minimum atomic E-state index is -0.699. The Morgan fingerprint density at radius 2 is 1.89 bits per heavy atom. The monoisotopic (exact) mass is 262 g/mol. The molecule has 3 nitrogen and oxygen atoms in total. The van der Waals surface area contributed by atoms with Gasteiger partial charge in [-0.15, -0.1) is 0 Å². The molecule has 0 heterocycles. The fraction of sp³-hybridized carbons (Fsp3) is 0.0714. The van der Waals surface area contributed by atoms with E-state index in [1.54, 1.807) is 19.1 Å². The molecule has 0 aromatic heterocycles. The number of nitrogen functional groups attached to an aromatic ring is 1. The van der Waals surface area contributed by atoms with E-state index >= 15 is 0 Å². The van der Waals surface area contributed by atoms with Crippen LogP contribution >= 0.6 is 0 Å². The second-order valence-electron chi connectivity index (χ2n) is 4.21. The summed E-state index contributed by atoms with van der Waals surface area (Å²) in [4.78, 5) is 11.9. The smallest absolute Gasteiger partial charge is 0.255 e. The Morgan fingerprint density at radius 3 is 2.58 bits per heavy atom. The number of carbonyl (C=O) groups excluding carboxylic acids is 1. The predicted octanol–water partition coefficient (Wildman–Crippen LogP) is 3.11. The molecule has 0 aliphatic rings. The van der Waals surface area contributed by atoms with Gasteiger partial charge in [-0.25, -0.2) is 8.78 Å². The molecule has 2 aromatic carbocycles. The number of benzene rings is 2. The minimum absolute atomic E-state index is 0.204. The Kier molecular flexibility index (Phi) is 3.46. The van der Waals surface area contributed by atoms with Gasteiger partial charge in [-0.2, -0.15) is 0 Å². The summed E-state index contributed by atoms with van der Waals surface area (Å²) in [7, 11) is 0. The zero-order valence-electron chi connectivity index (χ0n) is 10.2. The zero-order valence-corrected chi connectivity index (χ0v) is 10.2. The SMILES string of the molecule is Cc1cc(N)cc(C(=O)Nc2cc(F)ccc2F)c1. The molecule has 2 rings (SSSR count). The number of nitrogens with two attached hydrogens (primary N) is 1.